The Bertz CT molecular complexity index is 436. The predicted molar refractivity (Wildman–Crippen MR) is 61.9 cm³/mol. The van der Waals surface area contributed by atoms with E-state index < -0.39 is 18.5 Å². The zero-order valence-electron chi connectivity index (χ0n) is 8.57. The van der Waals surface area contributed by atoms with E-state index in [9.17, 15) is 9.59 Å². The second-order valence-electron chi connectivity index (χ2n) is 3.12. The normalized spacial score (nSPS) is 10.0. The Labute approximate surface area is 107 Å². The zero-order chi connectivity index (χ0) is 12.8. The molecule has 1 aromatic rings. The molecule has 0 saturated carbocycles. The van der Waals surface area contributed by atoms with E-state index in [1.807, 2.05) is 5.48 Å². The van der Waals surface area contributed by atoms with E-state index in [0.29, 0.717) is 15.6 Å². The van der Waals surface area contributed by atoms with Crippen LogP contribution in [0.25, 0.3) is 0 Å². The van der Waals surface area contributed by atoms with Gasteiger partial charge in [0.05, 0.1) is 6.42 Å². The molecule has 0 aliphatic carbocycles. The van der Waals surface area contributed by atoms with Crippen molar-refractivity contribution >= 4 is 35.1 Å². The molecule has 0 radical (unpaired) electrons. The van der Waals surface area contributed by atoms with Crippen molar-refractivity contribution in [2.24, 2.45) is 0 Å². The summed E-state index contributed by atoms with van der Waals surface area (Å²) in [4.78, 5) is 25.9. The maximum atomic E-state index is 11.3. The van der Waals surface area contributed by atoms with Crippen molar-refractivity contribution in [3.63, 3.8) is 0 Å². The van der Waals surface area contributed by atoms with Crippen LogP contribution in [0.15, 0.2) is 18.2 Å². The van der Waals surface area contributed by atoms with Crippen LogP contribution in [0.4, 0.5) is 0 Å². The van der Waals surface area contributed by atoms with Crippen LogP contribution in [0.5, 0.6) is 0 Å². The fraction of sp³-hybridized carbons (Fsp3) is 0.200. The van der Waals surface area contributed by atoms with Gasteiger partial charge in [0.25, 0.3) is 0 Å². The van der Waals surface area contributed by atoms with Crippen molar-refractivity contribution < 1.29 is 19.5 Å². The van der Waals surface area contributed by atoms with Gasteiger partial charge in [-0.05, 0) is 17.7 Å². The van der Waals surface area contributed by atoms with Gasteiger partial charge in [-0.2, -0.15) is 0 Å². The third-order valence-electron chi connectivity index (χ3n) is 1.75. The number of aliphatic carboxylic acids is 1. The molecular formula is C10H9Cl2NO4. The zero-order valence-corrected chi connectivity index (χ0v) is 10.1. The number of nitrogens with one attached hydrogen (secondary N) is 1. The summed E-state index contributed by atoms with van der Waals surface area (Å²) in [5.74, 6) is -1.66. The van der Waals surface area contributed by atoms with Crippen LogP contribution in [0.1, 0.15) is 5.56 Å². The smallest absolute Gasteiger partial charge is 0.332 e. The lowest BCUT2D eigenvalue weighted by Crippen LogP contribution is -2.28. The average molecular weight is 278 g/mol. The molecule has 0 fully saturated rings. The summed E-state index contributed by atoms with van der Waals surface area (Å²) in [6.45, 7) is -0.597. The van der Waals surface area contributed by atoms with Crippen LogP contribution in [0.2, 0.25) is 10.0 Å². The quantitative estimate of drug-likeness (QED) is 0.803. The van der Waals surface area contributed by atoms with Crippen LogP contribution in [0.3, 0.4) is 0 Å². The molecule has 5 nitrogen and oxygen atoms in total. The fourth-order valence-corrected chi connectivity index (χ4v) is 1.53. The molecule has 17 heavy (non-hydrogen) atoms. The van der Waals surface area contributed by atoms with E-state index in [1.54, 1.807) is 12.1 Å². The molecular weight excluding hydrogens is 269 g/mol. The molecule has 0 bridgehead atoms. The number of halogens is 2. The van der Waals surface area contributed by atoms with E-state index in [4.69, 9.17) is 28.3 Å². The van der Waals surface area contributed by atoms with Crippen LogP contribution < -0.4 is 5.48 Å². The summed E-state index contributed by atoms with van der Waals surface area (Å²) in [6.07, 6.45) is -0.0182. The second kappa shape index (κ2) is 6.44. The van der Waals surface area contributed by atoms with E-state index in [0.717, 1.165) is 0 Å². The average Bonchev–Trinajstić information content (AvgIpc) is 2.21. The highest BCUT2D eigenvalue weighted by atomic mass is 35.5. The molecule has 0 spiro atoms. The van der Waals surface area contributed by atoms with Crippen molar-refractivity contribution in [1.82, 2.24) is 5.48 Å². The van der Waals surface area contributed by atoms with E-state index in [2.05, 4.69) is 4.84 Å². The summed E-state index contributed by atoms with van der Waals surface area (Å²) < 4.78 is 0. The highest BCUT2D eigenvalue weighted by Gasteiger charge is 2.08. The highest BCUT2D eigenvalue weighted by Crippen LogP contribution is 2.21. The van der Waals surface area contributed by atoms with Gasteiger partial charge in [-0.25, -0.2) is 10.3 Å². The number of carbonyl (C=O) groups excluding carboxylic acids is 1. The van der Waals surface area contributed by atoms with Crippen LogP contribution in [-0.2, 0) is 20.8 Å². The number of amides is 1. The minimum absolute atomic E-state index is 0.0182. The van der Waals surface area contributed by atoms with Gasteiger partial charge >= 0.3 is 5.97 Å². The highest BCUT2D eigenvalue weighted by molar-refractivity contribution is 6.35. The Balaban J connectivity index is 2.48. The summed E-state index contributed by atoms with van der Waals surface area (Å²) in [5.41, 5.74) is 2.57. The Kier molecular flexibility index (Phi) is 5.21. The van der Waals surface area contributed by atoms with Gasteiger partial charge < -0.3 is 5.11 Å². The van der Waals surface area contributed by atoms with Gasteiger partial charge in [0.1, 0.15) is 0 Å². The van der Waals surface area contributed by atoms with Gasteiger partial charge in [-0.1, -0.05) is 29.3 Å². The third kappa shape index (κ3) is 5.04. The molecule has 0 atom stereocenters. The van der Waals surface area contributed by atoms with Crippen LogP contribution in [0, 0.1) is 0 Å². The molecule has 0 heterocycles. The molecule has 1 amide bonds. The van der Waals surface area contributed by atoms with Crippen molar-refractivity contribution in [2.45, 2.75) is 6.42 Å². The van der Waals surface area contributed by atoms with Crippen molar-refractivity contribution in [3.8, 4) is 0 Å². The minimum atomic E-state index is -1.17. The third-order valence-corrected chi connectivity index (χ3v) is 2.33. The lowest BCUT2D eigenvalue weighted by Gasteiger charge is -2.05. The first kappa shape index (κ1) is 13.8. The van der Waals surface area contributed by atoms with Gasteiger partial charge in [0, 0.05) is 10.0 Å². The SMILES string of the molecule is O=C(O)CONC(=O)Cc1ccc(Cl)cc1Cl. The lowest BCUT2D eigenvalue weighted by molar-refractivity contribution is -0.149. The molecule has 0 saturated heterocycles. The Morgan fingerprint density at radius 3 is 2.65 bits per heavy atom. The number of benzene rings is 1. The summed E-state index contributed by atoms with van der Waals surface area (Å²) >= 11 is 11.6. The topological polar surface area (TPSA) is 75.6 Å². The molecule has 0 unspecified atom stereocenters. The Morgan fingerprint density at radius 1 is 1.35 bits per heavy atom. The first-order chi connectivity index (χ1) is 7.99. The maximum absolute atomic E-state index is 11.3. The van der Waals surface area contributed by atoms with Gasteiger partial charge in [0.2, 0.25) is 5.91 Å². The summed E-state index contributed by atoms with van der Waals surface area (Å²) in [7, 11) is 0. The lowest BCUT2D eigenvalue weighted by atomic mass is 10.1. The molecule has 2 N–H and O–H groups in total. The minimum Gasteiger partial charge on any atom is -0.479 e. The van der Waals surface area contributed by atoms with Crippen molar-refractivity contribution in [1.29, 1.82) is 0 Å². The summed E-state index contributed by atoms with van der Waals surface area (Å²) in [6, 6.07) is 4.74. The van der Waals surface area contributed by atoms with E-state index in [1.165, 1.54) is 6.07 Å². The van der Waals surface area contributed by atoms with Gasteiger partial charge in [-0.3, -0.25) is 9.63 Å². The van der Waals surface area contributed by atoms with E-state index >= 15 is 0 Å². The molecule has 0 aromatic heterocycles. The number of hydrogen-bond donors (Lipinski definition) is 2. The standard InChI is InChI=1S/C10H9Cl2NO4/c11-7-2-1-6(8(12)4-7)3-9(14)13-17-5-10(15)16/h1-2,4H,3,5H2,(H,13,14)(H,15,16). The Morgan fingerprint density at radius 2 is 2.06 bits per heavy atom. The second-order valence-corrected chi connectivity index (χ2v) is 3.96. The number of carboxylic acids is 1. The Hall–Kier alpha value is -1.30. The number of carboxylic acid groups (broad SMARTS) is 1. The largest absolute Gasteiger partial charge is 0.479 e. The molecule has 0 aliphatic rings. The fourth-order valence-electron chi connectivity index (χ4n) is 1.05. The molecule has 0 aliphatic heterocycles. The van der Waals surface area contributed by atoms with Gasteiger partial charge in [0.15, 0.2) is 6.61 Å². The van der Waals surface area contributed by atoms with Crippen LogP contribution >= 0.6 is 23.2 Å². The van der Waals surface area contributed by atoms with Gasteiger partial charge in [-0.15, -0.1) is 0 Å². The van der Waals surface area contributed by atoms with Crippen LogP contribution in [-0.4, -0.2) is 23.6 Å². The first-order valence-corrected chi connectivity index (χ1v) is 5.31. The monoisotopic (exact) mass is 277 g/mol. The van der Waals surface area contributed by atoms with Crippen molar-refractivity contribution in [2.75, 3.05) is 6.61 Å². The first-order valence-electron chi connectivity index (χ1n) is 4.55. The number of carbonyl (C=O) groups is 2. The number of hydrogen-bond acceptors (Lipinski definition) is 3. The van der Waals surface area contributed by atoms with Crippen molar-refractivity contribution in [3.05, 3.63) is 33.8 Å². The molecule has 1 aromatic carbocycles. The number of hydroxylamine groups is 1. The number of rotatable bonds is 5. The van der Waals surface area contributed by atoms with E-state index in [-0.39, 0.29) is 6.42 Å². The molecule has 7 heteroatoms. The maximum Gasteiger partial charge on any atom is 0.332 e. The summed E-state index contributed by atoms with van der Waals surface area (Å²) in [5, 5.41) is 9.12. The molecule has 92 valence electrons. The molecule has 1 rings (SSSR count). The predicted octanol–water partition coefficient (Wildman–Crippen LogP) is 1.67.